The van der Waals surface area contributed by atoms with E-state index in [0.29, 0.717) is 6.10 Å². The van der Waals surface area contributed by atoms with Crippen LogP contribution in [0, 0.1) is 0 Å². The molecule has 1 saturated heterocycles. The van der Waals surface area contributed by atoms with Crippen LogP contribution in [0.2, 0.25) is 0 Å². The Morgan fingerprint density at radius 3 is 2.38 bits per heavy atom. The monoisotopic (exact) mass is 290 g/mol. The van der Waals surface area contributed by atoms with Crippen LogP contribution in [0.25, 0.3) is 0 Å². The summed E-state index contributed by atoms with van der Waals surface area (Å²) in [6.07, 6.45) is 3.96. The third kappa shape index (κ3) is 5.77. The number of likely N-dealkylation sites (tertiary alicyclic amines) is 1. The number of piperidine rings is 1. The maximum atomic E-state index is 5.71. The van der Waals surface area contributed by atoms with Crippen molar-refractivity contribution in [3.8, 4) is 0 Å². The lowest BCUT2D eigenvalue weighted by Gasteiger charge is -2.31. The first kappa shape index (κ1) is 16.5. The van der Waals surface area contributed by atoms with Gasteiger partial charge < -0.3 is 10.1 Å². The van der Waals surface area contributed by atoms with Gasteiger partial charge in [-0.25, -0.2) is 0 Å². The highest BCUT2D eigenvalue weighted by Crippen LogP contribution is 2.16. The number of nitrogens with zero attached hydrogens (tertiary/aromatic N) is 1. The molecule has 0 bridgehead atoms. The standard InChI is InChI=1S/C18H30N2O/c1-3-19-12-9-16-5-7-17(8-6-16)15-20-13-10-18(11-14-20)21-4-2/h5-8,18-19H,3-4,9-15H2,1-2H3. The molecule has 21 heavy (non-hydrogen) atoms. The largest absolute Gasteiger partial charge is 0.378 e. The fourth-order valence-corrected chi connectivity index (χ4v) is 2.95. The van der Waals surface area contributed by atoms with E-state index in [1.165, 1.54) is 24.0 Å². The molecule has 0 aromatic heterocycles. The van der Waals surface area contributed by atoms with E-state index in [0.717, 1.165) is 45.8 Å². The van der Waals surface area contributed by atoms with Gasteiger partial charge in [-0.3, -0.25) is 4.90 Å². The molecule has 1 heterocycles. The van der Waals surface area contributed by atoms with E-state index in [-0.39, 0.29) is 0 Å². The first-order valence-electron chi connectivity index (χ1n) is 8.44. The first-order chi connectivity index (χ1) is 10.3. The molecular weight excluding hydrogens is 260 g/mol. The maximum absolute atomic E-state index is 5.71. The number of hydrogen-bond donors (Lipinski definition) is 1. The number of benzene rings is 1. The molecule has 118 valence electrons. The molecule has 1 fully saturated rings. The van der Waals surface area contributed by atoms with Crippen molar-refractivity contribution in [3.05, 3.63) is 35.4 Å². The Balaban J connectivity index is 1.73. The zero-order chi connectivity index (χ0) is 14.9. The molecular formula is C18H30N2O. The predicted octanol–water partition coefficient (Wildman–Crippen LogP) is 2.84. The van der Waals surface area contributed by atoms with Gasteiger partial charge >= 0.3 is 0 Å². The molecule has 0 radical (unpaired) electrons. The summed E-state index contributed by atoms with van der Waals surface area (Å²) >= 11 is 0. The Labute approximate surface area is 129 Å². The molecule has 0 unspecified atom stereocenters. The van der Waals surface area contributed by atoms with Gasteiger partial charge in [-0.1, -0.05) is 31.2 Å². The van der Waals surface area contributed by atoms with Gasteiger partial charge in [0, 0.05) is 26.2 Å². The van der Waals surface area contributed by atoms with E-state index in [1.54, 1.807) is 0 Å². The molecule has 1 N–H and O–H groups in total. The second-order valence-corrected chi connectivity index (χ2v) is 5.85. The van der Waals surface area contributed by atoms with Crippen LogP contribution >= 0.6 is 0 Å². The SMILES string of the molecule is CCNCCc1ccc(CN2CCC(OCC)CC2)cc1. The van der Waals surface area contributed by atoms with Crippen LogP contribution < -0.4 is 5.32 Å². The molecule has 2 rings (SSSR count). The van der Waals surface area contributed by atoms with Gasteiger partial charge in [0.15, 0.2) is 0 Å². The van der Waals surface area contributed by atoms with E-state index < -0.39 is 0 Å². The summed E-state index contributed by atoms with van der Waals surface area (Å²) in [7, 11) is 0. The molecule has 3 nitrogen and oxygen atoms in total. The molecule has 0 atom stereocenters. The topological polar surface area (TPSA) is 24.5 Å². The van der Waals surface area contributed by atoms with Crippen LogP contribution in [-0.2, 0) is 17.7 Å². The predicted molar refractivity (Wildman–Crippen MR) is 88.6 cm³/mol. The van der Waals surface area contributed by atoms with Gasteiger partial charge in [0.1, 0.15) is 0 Å². The average molecular weight is 290 g/mol. The third-order valence-corrected chi connectivity index (χ3v) is 4.21. The Hall–Kier alpha value is -0.900. The van der Waals surface area contributed by atoms with Gasteiger partial charge in [0.2, 0.25) is 0 Å². The van der Waals surface area contributed by atoms with Crippen LogP contribution in [0.3, 0.4) is 0 Å². The molecule has 0 amide bonds. The van der Waals surface area contributed by atoms with Crippen LogP contribution in [0.1, 0.15) is 37.8 Å². The molecule has 1 aliphatic heterocycles. The summed E-state index contributed by atoms with van der Waals surface area (Å²) in [6, 6.07) is 9.13. The Morgan fingerprint density at radius 1 is 1.10 bits per heavy atom. The zero-order valence-electron chi connectivity index (χ0n) is 13.6. The average Bonchev–Trinajstić information content (AvgIpc) is 2.51. The van der Waals surface area contributed by atoms with E-state index in [2.05, 4.69) is 48.3 Å². The number of rotatable bonds is 8. The van der Waals surface area contributed by atoms with Gasteiger partial charge in [-0.2, -0.15) is 0 Å². The Morgan fingerprint density at radius 2 is 1.76 bits per heavy atom. The lowest BCUT2D eigenvalue weighted by Crippen LogP contribution is -2.36. The minimum Gasteiger partial charge on any atom is -0.378 e. The van der Waals surface area contributed by atoms with Crippen molar-refractivity contribution in [3.63, 3.8) is 0 Å². The Bertz CT molecular complexity index is 383. The summed E-state index contributed by atoms with van der Waals surface area (Å²) in [5.74, 6) is 0. The summed E-state index contributed by atoms with van der Waals surface area (Å²) in [5, 5.41) is 3.37. The summed E-state index contributed by atoms with van der Waals surface area (Å²) in [6.45, 7) is 10.6. The highest BCUT2D eigenvalue weighted by Gasteiger charge is 2.18. The summed E-state index contributed by atoms with van der Waals surface area (Å²) in [5.41, 5.74) is 2.85. The van der Waals surface area contributed by atoms with E-state index in [9.17, 15) is 0 Å². The smallest absolute Gasteiger partial charge is 0.0599 e. The molecule has 0 saturated carbocycles. The molecule has 1 aromatic carbocycles. The second-order valence-electron chi connectivity index (χ2n) is 5.85. The molecule has 1 aliphatic rings. The lowest BCUT2D eigenvalue weighted by atomic mass is 10.1. The lowest BCUT2D eigenvalue weighted by molar-refractivity contribution is 0.0125. The second kappa shape index (κ2) is 9.19. The van der Waals surface area contributed by atoms with E-state index in [4.69, 9.17) is 4.74 Å². The van der Waals surface area contributed by atoms with Gasteiger partial charge in [0.25, 0.3) is 0 Å². The minimum absolute atomic E-state index is 0.486. The molecule has 3 heteroatoms. The van der Waals surface area contributed by atoms with Crippen molar-refractivity contribution < 1.29 is 4.74 Å². The zero-order valence-corrected chi connectivity index (χ0v) is 13.6. The highest BCUT2D eigenvalue weighted by molar-refractivity contribution is 5.22. The van der Waals surface area contributed by atoms with Crippen LogP contribution in [0.4, 0.5) is 0 Å². The normalized spacial score (nSPS) is 17.2. The van der Waals surface area contributed by atoms with Crippen molar-refractivity contribution in [1.82, 2.24) is 10.2 Å². The van der Waals surface area contributed by atoms with Gasteiger partial charge in [-0.05, 0) is 50.4 Å². The maximum Gasteiger partial charge on any atom is 0.0599 e. The van der Waals surface area contributed by atoms with Crippen molar-refractivity contribution >= 4 is 0 Å². The number of nitrogens with one attached hydrogen (secondary N) is 1. The van der Waals surface area contributed by atoms with Crippen molar-refractivity contribution in [2.24, 2.45) is 0 Å². The number of likely N-dealkylation sites (N-methyl/N-ethyl adjacent to an activating group) is 1. The Kier molecular flexibility index (Phi) is 7.20. The molecule has 0 aliphatic carbocycles. The summed E-state index contributed by atoms with van der Waals surface area (Å²) in [4.78, 5) is 2.54. The van der Waals surface area contributed by atoms with Crippen molar-refractivity contribution in [1.29, 1.82) is 0 Å². The fourth-order valence-electron chi connectivity index (χ4n) is 2.95. The molecule has 0 spiro atoms. The van der Waals surface area contributed by atoms with E-state index >= 15 is 0 Å². The van der Waals surface area contributed by atoms with Crippen molar-refractivity contribution in [2.75, 3.05) is 32.8 Å². The highest BCUT2D eigenvalue weighted by atomic mass is 16.5. The van der Waals surface area contributed by atoms with Gasteiger partial charge in [-0.15, -0.1) is 0 Å². The minimum atomic E-state index is 0.486. The summed E-state index contributed by atoms with van der Waals surface area (Å²) < 4.78 is 5.71. The quantitative estimate of drug-likeness (QED) is 0.745. The molecule has 1 aromatic rings. The first-order valence-corrected chi connectivity index (χ1v) is 8.44. The van der Waals surface area contributed by atoms with Crippen LogP contribution in [-0.4, -0.2) is 43.8 Å². The van der Waals surface area contributed by atoms with Crippen LogP contribution in [0.5, 0.6) is 0 Å². The van der Waals surface area contributed by atoms with Crippen LogP contribution in [0.15, 0.2) is 24.3 Å². The van der Waals surface area contributed by atoms with E-state index in [1.807, 2.05) is 0 Å². The third-order valence-electron chi connectivity index (χ3n) is 4.21. The number of hydrogen-bond acceptors (Lipinski definition) is 3. The van der Waals surface area contributed by atoms with Gasteiger partial charge in [0.05, 0.1) is 6.10 Å². The number of ether oxygens (including phenoxy) is 1. The fraction of sp³-hybridized carbons (Fsp3) is 0.667. The van der Waals surface area contributed by atoms with Crippen molar-refractivity contribution in [2.45, 2.75) is 45.8 Å².